The first kappa shape index (κ1) is 22.7. The Labute approximate surface area is 193 Å². The van der Waals surface area contributed by atoms with Gasteiger partial charge in [-0.2, -0.15) is 0 Å². The number of benzene rings is 2. The molecule has 0 bridgehead atoms. The van der Waals surface area contributed by atoms with E-state index in [9.17, 15) is 9.59 Å². The molecule has 7 heteroatoms. The number of nitrogens with zero attached hydrogens (tertiary/aromatic N) is 2. The van der Waals surface area contributed by atoms with E-state index in [0.717, 1.165) is 10.9 Å². The van der Waals surface area contributed by atoms with Gasteiger partial charge in [-0.1, -0.05) is 38.1 Å². The highest BCUT2D eigenvalue weighted by Gasteiger charge is 2.28. The van der Waals surface area contributed by atoms with Gasteiger partial charge in [-0.05, 0) is 36.2 Å². The molecule has 1 aliphatic rings. The number of fused-ring (bicyclic) bond motifs is 1. The summed E-state index contributed by atoms with van der Waals surface area (Å²) in [6, 6.07) is 16.5. The molecular formula is C26H29N3O4. The van der Waals surface area contributed by atoms with Crippen LogP contribution in [0.1, 0.15) is 46.4 Å². The number of methoxy groups -OCH3 is 1. The third kappa shape index (κ3) is 5.14. The van der Waals surface area contributed by atoms with Gasteiger partial charge in [0.25, 0.3) is 11.8 Å². The van der Waals surface area contributed by atoms with Crippen molar-refractivity contribution in [2.24, 2.45) is 5.92 Å². The van der Waals surface area contributed by atoms with Gasteiger partial charge in [0.15, 0.2) is 0 Å². The summed E-state index contributed by atoms with van der Waals surface area (Å²) >= 11 is 0. The van der Waals surface area contributed by atoms with E-state index < -0.39 is 6.10 Å². The summed E-state index contributed by atoms with van der Waals surface area (Å²) in [6.45, 7) is 5.94. The first-order chi connectivity index (χ1) is 16.0. The van der Waals surface area contributed by atoms with Crippen molar-refractivity contribution in [1.82, 2.24) is 15.2 Å². The smallest absolute Gasteiger partial charge is 0.254 e. The zero-order valence-corrected chi connectivity index (χ0v) is 19.2. The normalized spacial score (nSPS) is 16.1. The molecule has 1 saturated heterocycles. The third-order valence-electron chi connectivity index (χ3n) is 5.65. The Morgan fingerprint density at radius 3 is 2.79 bits per heavy atom. The molecule has 0 saturated carbocycles. The van der Waals surface area contributed by atoms with E-state index in [1.54, 1.807) is 36.3 Å². The van der Waals surface area contributed by atoms with Gasteiger partial charge in [0, 0.05) is 24.0 Å². The number of carbonyl (C=O) groups excluding carboxylic acids is 2. The average Bonchev–Trinajstić information content (AvgIpc) is 2.86. The van der Waals surface area contributed by atoms with Crippen molar-refractivity contribution in [1.29, 1.82) is 0 Å². The van der Waals surface area contributed by atoms with Crippen molar-refractivity contribution in [3.63, 3.8) is 0 Å². The Bertz CT molecular complexity index is 1160. The highest BCUT2D eigenvalue weighted by molar-refractivity contribution is 6.06. The molecule has 3 aromatic rings. The summed E-state index contributed by atoms with van der Waals surface area (Å²) in [5.74, 6) is 0.764. The number of nitrogens with one attached hydrogen (secondary N) is 1. The molecule has 4 rings (SSSR count). The minimum atomic E-state index is -0.422. The van der Waals surface area contributed by atoms with Crippen LogP contribution in [-0.4, -0.2) is 55.0 Å². The third-order valence-corrected chi connectivity index (χ3v) is 5.65. The van der Waals surface area contributed by atoms with E-state index in [1.807, 2.05) is 30.3 Å². The quantitative estimate of drug-likeness (QED) is 0.621. The predicted molar refractivity (Wildman–Crippen MR) is 127 cm³/mol. The zero-order valence-electron chi connectivity index (χ0n) is 19.2. The maximum absolute atomic E-state index is 13.1. The molecule has 1 fully saturated rings. The summed E-state index contributed by atoms with van der Waals surface area (Å²) in [6.07, 6.45) is -0.422. The maximum Gasteiger partial charge on any atom is 0.254 e. The highest BCUT2D eigenvalue weighted by atomic mass is 16.5. The van der Waals surface area contributed by atoms with E-state index in [4.69, 9.17) is 14.5 Å². The standard InChI is InChI=1S/C26H29N3O4/c1-17(2)15-27-25(30)21-14-23(28-22-10-5-4-9-20(21)22)24-16-29(11-12-33-24)26(31)18-7-6-8-19(13-18)32-3/h4-10,13-14,17,24H,11-12,15-16H2,1-3H3,(H,27,30). The lowest BCUT2D eigenvalue weighted by Gasteiger charge is -2.33. The van der Waals surface area contributed by atoms with Crippen LogP contribution in [-0.2, 0) is 4.74 Å². The fourth-order valence-corrected chi connectivity index (χ4v) is 3.89. The first-order valence-electron chi connectivity index (χ1n) is 11.2. The van der Waals surface area contributed by atoms with Crippen LogP contribution >= 0.6 is 0 Å². The van der Waals surface area contributed by atoms with E-state index in [-0.39, 0.29) is 11.8 Å². The molecule has 7 nitrogen and oxygen atoms in total. The van der Waals surface area contributed by atoms with E-state index >= 15 is 0 Å². The van der Waals surface area contributed by atoms with Gasteiger partial charge in [0.1, 0.15) is 11.9 Å². The van der Waals surface area contributed by atoms with Crippen molar-refractivity contribution >= 4 is 22.7 Å². The van der Waals surface area contributed by atoms with Crippen LogP contribution in [0, 0.1) is 5.92 Å². The van der Waals surface area contributed by atoms with Crippen LogP contribution < -0.4 is 10.1 Å². The van der Waals surface area contributed by atoms with E-state index in [2.05, 4.69) is 19.2 Å². The van der Waals surface area contributed by atoms with Gasteiger partial charge >= 0.3 is 0 Å². The number of rotatable bonds is 6. The number of hydrogen-bond donors (Lipinski definition) is 1. The fraction of sp³-hybridized carbons (Fsp3) is 0.346. The lowest BCUT2D eigenvalue weighted by Crippen LogP contribution is -2.42. The minimum Gasteiger partial charge on any atom is -0.497 e. The van der Waals surface area contributed by atoms with E-state index in [1.165, 1.54) is 0 Å². The Morgan fingerprint density at radius 2 is 2.00 bits per heavy atom. The van der Waals surface area contributed by atoms with Crippen LogP contribution in [0.4, 0.5) is 0 Å². The molecule has 2 heterocycles. The summed E-state index contributed by atoms with van der Waals surface area (Å²) in [5, 5.41) is 3.79. The second-order valence-corrected chi connectivity index (χ2v) is 8.56. The number of hydrogen-bond acceptors (Lipinski definition) is 5. The summed E-state index contributed by atoms with van der Waals surface area (Å²) in [5.41, 5.74) is 2.50. The molecular weight excluding hydrogens is 418 g/mol. The SMILES string of the molecule is COc1cccc(C(=O)N2CCOC(c3cc(C(=O)NCC(C)C)c4ccccc4n3)C2)c1. The predicted octanol–water partition coefficient (Wildman–Crippen LogP) is 3.84. The monoisotopic (exact) mass is 447 g/mol. The summed E-state index contributed by atoms with van der Waals surface area (Å²) in [7, 11) is 1.58. The Morgan fingerprint density at radius 1 is 1.18 bits per heavy atom. The van der Waals surface area contributed by atoms with Crippen molar-refractivity contribution in [3.8, 4) is 5.75 Å². The van der Waals surface area contributed by atoms with E-state index in [0.29, 0.717) is 54.7 Å². The number of aromatic nitrogens is 1. The molecule has 1 atom stereocenters. The topological polar surface area (TPSA) is 80.8 Å². The van der Waals surface area contributed by atoms with Gasteiger partial charge < -0.3 is 19.7 Å². The van der Waals surface area contributed by atoms with Gasteiger partial charge in [-0.3, -0.25) is 9.59 Å². The van der Waals surface area contributed by atoms with Crippen molar-refractivity contribution in [2.75, 3.05) is 33.4 Å². The highest BCUT2D eigenvalue weighted by Crippen LogP contribution is 2.27. The van der Waals surface area contributed by atoms with Gasteiger partial charge in [0.05, 0.1) is 37.0 Å². The molecule has 1 aliphatic heterocycles. The Balaban J connectivity index is 1.61. The number of morpholine rings is 1. The molecule has 33 heavy (non-hydrogen) atoms. The summed E-state index contributed by atoms with van der Waals surface area (Å²) < 4.78 is 11.2. The van der Waals surface area contributed by atoms with Gasteiger partial charge in [-0.15, -0.1) is 0 Å². The molecule has 0 aliphatic carbocycles. The lowest BCUT2D eigenvalue weighted by atomic mass is 10.0. The first-order valence-corrected chi connectivity index (χ1v) is 11.2. The number of pyridine rings is 1. The Hall–Kier alpha value is -3.45. The zero-order chi connectivity index (χ0) is 23.4. The molecule has 1 aromatic heterocycles. The molecule has 0 radical (unpaired) electrons. The maximum atomic E-state index is 13.1. The number of para-hydroxylation sites is 1. The second kappa shape index (κ2) is 10.0. The minimum absolute atomic E-state index is 0.0853. The van der Waals surface area contributed by atoms with Crippen molar-refractivity contribution < 1.29 is 19.1 Å². The van der Waals surface area contributed by atoms with Gasteiger partial charge in [0.2, 0.25) is 0 Å². The van der Waals surface area contributed by atoms with Crippen LogP contribution in [0.5, 0.6) is 5.75 Å². The number of carbonyl (C=O) groups is 2. The van der Waals surface area contributed by atoms with Crippen LogP contribution in [0.15, 0.2) is 54.6 Å². The van der Waals surface area contributed by atoms with Crippen LogP contribution in [0.25, 0.3) is 10.9 Å². The lowest BCUT2D eigenvalue weighted by molar-refractivity contribution is -0.0246. The van der Waals surface area contributed by atoms with Crippen molar-refractivity contribution in [2.45, 2.75) is 20.0 Å². The number of ether oxygens (including phenoxy) is 2. The molecule has 2 aromatic carbocycles. The second-order valence-electron chi connectivity index (χ2n) is 8.56. The molecule has 172 valence electrons. The molecule has 1 unspecified atom stereocenters. The molecule has 2 amide bonds. The number of amides is 2. The molecule has 0 spiro atoms. The largest absolute Gasteiger partial charge is 0.497 e. The van der Waals surface area contributed by atoms with Gasteiger partial charge in [-0.25, -0.2) is 4.98 Å². The average molecular weight is 448 g/mol. The van der Waals surface area contributed by atoms with Crippen molar-refractivity contribution in [3.05, 3.63) is 71.4 Å². The van der Waals surface area contributed by atoms with Crippen LogP contribution in [0.3, 0.4) is 0 Å². The Kier molecular flexibility index (Phi) is 6.89. The van der Waals surface area contributed by atoms with Crippen LogP contribution in [0.2, 0.25) is 0 Å². The fourth-order valence-electron chi connectivity index (χ4n) is 3.89. The summed E-state index contributed by atoms with van der Waals surface area (Å²) in [4.78, 5) is 32.6. The molecule has 1 N–H and O–H groups in total.